The third-order valence-electron chi connectivity index (χ3n) is 6.10. The molecule has 5 rings (SSSR count). The lowest BCUT2D eigenvalue weighted by Crippen LogP contribution is -2.40. The van der Waals surface area contributed by atoms with Crippen LogP contribution in [0.2, 0.25) is 0 Å². The van der Waals surface area contributed by atoms with Crippen LogP contribution in [-0.2, 0) is 34.2 Å². The summed E-state index contributed by atoms with van der Waals surface area (Å²) in [5, 5.41) is 0. The lowest BCUT2D eigenvalue weighted by Gasteiger charge is -2.19. The summed E-state index contributed by atoms with van der Waals surface area (Å²) in [6, 6.07) is 10.7. The number of para-hydroxylation sites is 1. The molecule has 0 saturated carbocycles. The van der Waals surface area contributed by atoms with Gasteiger partial charge in [-0.3, -0.25) is 9.52 Å². The number of hydrogen-bond acceptors (Lipinski definition) is 4. The molecule has 7 nitrogen and oxygen atoms in total. The number of aromatic nitrogens is 2. The Labute approximate surface area is 194 Å². The first-order chi connectivity index (χ1) is 16.1. The fourth-order valence-corrected chi connectivity index (χ4v) is 5.58. The number of fused-ring (bicyclic) bond motifs is 2. The molecule has 1 N–H and O–H groups in total. The fraction of sp³-hybridized carbons (Fsp3) is 0.304. The molecule has 11 heteroatoms. The second kappa shape index (κ2) is 8.15. The lowest BCUT2D eigenvalue weighted by molar-refractivity contribution is -0.170. The van der Waals surface area contributed by atoms with Crippen LogP contribution in [0.3, 0.4) is 0 Å². The molecule has 0 spiro atoms. The van der Waals surface area contributed by atoms with Gasteiger partial charge in [0.25, 0.3) is 10.0 Å². The minimum atomic E-state index is -5.00. The maximum absolute atomic E-state index is 13.2. The van der Waals surface area contributed by atoms with Crippen molar-refractivity contribution in [1.29, 1.82) is 0 Å². The van der Waals surface area contributed by atoms with Crippen LogP contribution in [0.25, 0.3) is 11.3 Å². The smallest absolute Gasteiger partial charge is 0.334 e. The van der Waals surface area contributed by atoms with Crippen LogP contribution in [0.5, 0.6) is 0 Å². The van der Waals surface area contributed by atoms with Gasteiger partial charge < -0.3 is 9.47 Å². The maximum Gasteiger partial charge on any atom is 0.471 e. The third kappa shape index (κ3) is 4.04. The first kappa shape index (κ1) is 22.5. The zero-order chi connectivity index (χ0) is 24.1. The summed E-state index contributed by atoms with van der Waals surface area (Å²) in [5.74, 6) is -0.993. The number of nitrogens with zero attached hydrogens (tertiary/aromatic N) is 3. The molecule has 2 aliphatic rings. The second-order valence-electron chi connectivity index (χ2n) is 8.34. The lowest BCUT2D eigenvalue weighted by atomic mass is 10.1. The number of alkyl halides is 3. The second-order valence-corrected chi connectivity index (χ2v) is 10.0. The molecule has 1 aromatic heterocycles. The summed E-state index contributed by atoms with van der Waals surface area (Å²) in [4.78, 5) is 16.9. The number of carbonyl (C=O) groups is 1. The summed E-state index contributed by atoms with van der Waals surface area (Å²) in [6.45, 7) is 0.720. The molecule has 0 bridgehead atoms. The van der Waals surface area contributed by atoms with E-state index in [9.17, 15) is 26.4 Å². The van der Waals surface area contributed by atoms with Crippen molar-refractivity contribution in [2.24, 2.45) is 0 Å². The first-order valence-corrected chi connectivity index (χ1v) is 12.3. The van der Waals surface area contributed by atoms with E-state index < -0.39 is 22.1 Å². The molecule has 178 valence electrons. The zero-order valence-corrected chi connectivity index (χ0v) is 18.8. The largest absolute Gasteiger partial charge is 0.471 e. The highest BCUT2D eigenvalue weighted by atomic mass is 32.2. The minimum Gasteiger partial charge on any atom is -0.334 e. The summed E-state index contributed by atoms with van der Waals surface area (Å²) < 4.78 is 69.6. The minimum absolute atomic E-state index is 0.0743. The van der Waals surface area contributed by atoms with Crippen molar-refractivity contribution in [3.8, 4) is 11.3 Å². The Hall–Kier alpha value is -3.34. The van der Waals surface area contributed by atoms with E-state index in [2.05, 4.69) is 14.3 Å². The highest BCUT2D eigenvalue weighted by Crippen LogP contribution is 2.35. The van der Waals surface area contributed by atoms with Crippen LogP contribution < -0.4 is 9.62 Å². The van der Waals surface area contributed by atoms with Crippen LogP contribution >= 0.6 is 0 Å². The molecule has 0 unspecified atom stereocenters. The standard InChI is InChI=1S/C23H21F3N4O3S/c24-23(25,26)22(31)30-12-10-15-13-16(8-9-20(15)30)34(32,33)28-18-6-2-1-5-17(18)19-14-29-11-4-3-7-21(29)27-19/h1-2,5-6,8-9,13-14,28H,3-4,7,10-12H2. The van der Waals surface area contributed by atoms with Crippen LogP contribution in [0.1, 0.15) is 24.2 Å². The summed E-state index contributed by atoms with van der Waals surface area (Å²) in [7, 11) is -4.04. The van der Waals surface area contributed by atoms with Crippen LogP contribution in [0.4, 0.5) is 24.5 Å². The molecule has 2 aliphatic heterocycles. The molecule has 3 aromatic rings. The van der Waals surface area contributed by atoms with Crippen molar-refractivity contribution in [2.45, 2.75) is 43.3 Å². The molecule has 0 saturated heterocycles. The van der Waals surface area contributed by atoms with Gasteiger partial charge in [-0.15, -0.1) is 0 Å². The Kier molecular flexibility index (Phi) is 5.38. The molecule has 0 aliphatic carbocycles. The van der Waals surface area contributed by atoms with Crippen molar-refractivity contribution in [2.75, 3.05) is 16.2 Å². The quantitative estimate of drug-likeness (QED) is 0.596. The van der Waals surface area contributed by atoms with Crippen LogP contribution in [-0.4, -0.2) is 36.6 Å². The molecular formula is C23H21F3N4O3S. The van der Waals surface area contributed by atoms with E-state index in [0.29, 0.717) is 27.4 Å². The van der Waals surface area contributed by atoms with E-state index in [-0.39, 0.29) is 23.5 Å². The van der Waals surface area contributed by atoms with Gasteiger partial charge in [0.1, 0.15) is 5.82 Å². The van der Waals surface area contributed by atoms with Gasteiger partial charge in [-0.2, -0.15) is 13.2 Å². The molecule has 0 atom stereocenters. The Balaban J connectivity index is 1.44. The Bertz CT molecular complexity index is 1360. The van der Waals surface area contributed by atoms with Gasteiger partial charge in [0.15, 0.2) is 0 Å². The van der Waals surface area contributed by atoms with Crippen molar-refractivity contribution >= 4 is 27.3 Å². The van der Waals surface area contributed by atoms with E-state index in [1.54, 1.807) is 24.3 Å². The summed E-state index contributed by atoms with van der Waals surface area (Å²) in [6.07, 6.45) is 0.0673. The number of rotatable bonds is 4. The number of nitrogens with one attached hydrogen (secondary N) is 1. The molecule has 0 radical (unpaired) electrons. The van der Waals surface area contributed by atoms with Crippen LogP contribution in [0.15, 0.2) is 53.6 Å². The van der Waals surface area contributed by atoms with E-state index in [1.165, 1.54) is 18.2 Å². The summed E-state index contributed by atoms with van der Waals surface area (Å²) >= 11 is 0. The molecule has 0 fully saturated rings. The van der Waals surface area contributed by atoms with Gasteiger partial charge in [-0.05, 0) is 49.1 Å². The molecule has 2 aromatic carbocycles. The third-order valence-corrected chi connectivity index (χ3v) is 7.46. The molecule has 34 heavy (non-hydrogen) atoms. The van der Waals surface area contributed by atoms with Crippen molar-refractivity contribution < 1.29 is 26.4 Å². The van der Waals surface area contributed by atoms with Gasteiger partial charge >= 0.3 is 12.1 Å². The number of carbonyl (C=O) groups excluding carboxylic acids is 1. The number of anilines is 2. The number of aryl methyl sites for hydroxylation is 2. The van der Waals surface area contributed by atoms with E-state index >= 15 is 0 Å². The van der Waals surface area contributed by atoms with Gasteiger partial charge in [0.2, 0.25) is 0 Å². The van der Waals surface area contributed by atoms with Gasteiger partial charge in [-0.1, -0.05) is 18.2 Å². The SMILES string of the molecule is O=C(N1CCc2cc(S(=O)(=O)Nc3ccccc3-c3cn4c(n3)CCCC4)ccc21)C(F)(F)F. The zero-order valence-electron chi connectivity index (χ0n) is 18.0. The predicted octanol–water partition coefficient (Wildman–Crippen LogP) is 4.14. The normalized spacial score (nSPS) is 15.7. The first-order valence-electron chi connectivity index (χ1n) is 10.8. The van der Waals surface area contributed by atoms with Gasteiger partial charge in [-0.25, -0.2) is 13.4 Å². The Morgan fingerprint density at radius 1 is 1.03 bits per heavy atom. The van der Waals surface area contributed by atoms with E-state index in [4.69, 9.17) is 0 Å². The highest BCUT2D eigenvalue weighted by molar-refractivity contribution is 7.92. The molecule has 3 heterocycles. The average Bonchev–Trinajstić information content (AvgIpc) is 3.41. The Morgan fingerprint density at radius 2 is 1.82 bits per heavy atom. The molecular weight excluding hydrogens is 469 g/mol. The maximum atomic E-state index is 13.2. The van der Waals surface area contributed by atoms with Crippen molar-refractivity contribution in [3.63, 3.8) is 0 Å². The Morgan fingerprint density at radius 3 is 2.59 bits per heavy atom. The fourth-order valence-electron chi connectivity index (χ4n) is 4.45. The van der Waals surface area contributed by atoms with E-state index in [0.717, 1.165) is 31.6 Å². The van der Waals surface area contributed by atoms with Gasteiger partial charge in [0, 0.05) is 37.0 Å². The summed E-state index contributed by atoms with van der Waals surface area (Å²) in [5.41, 5.74) is 2.11. The number of hydrogen-bond donors (Lipinski definition) is 1. The highest BCUT2D eigenvalue weighted by Gasteiger charge is 2.44. The number of benzene rings is 2. The van der Waals surface area contributed by atoms with Crippen molar-refractivity contribution in [3.05, 3.63) is 60.0 Å². The average molecular weight is 491 g/mol. The molecule has 1 amide bonds. The van der Waals surface area contributed by atoms with Gasteiger partial charge in [0.05, 0.1) is 16.3 Å². The van der Waals surface area contributed by atoms with Crippen LogP contribution in [0, 0.1) is 0 Å². The van der Waals surface area contributed by atoms with E-state index in [1.807, 2.05) is 6.20 Å². The predicted molar refractivity (Wildman–Crippen MR) is 120 cm³/mol. The van der Waals surface area contributed by atoms with Crippen molar-refractivity contribution in [1.82, 2.24) is 9.55 Å². The topological polar surface area (TPSA) is 84.3 Å². The number of imidazole rings is 1. The number of amides is 1. The number of sulfonamides is 1. The number of halogens is 3. The monoisotopic (exact) mass is 490 g/mol.